The number of ether oxygens (including phenoxy) is 1. The van der Waals surface area contributed by atoms with Crippen molar-refractivity contribution in [1.29, 1.82) is 5.26 Å². The maximum Gasteiger partial charge on any atom is 0.340 e. The van der Waals surface area contributed by atoms with Crippen LogP contribution in [-0.4, -0.2) is 50.0 Å². The molecule has 0 radical (unpaired) electrons. The fourth-order valence-electron chi connectivity index (χ4n) is 3.64. The number of hydrogen-bond donors (Lipinski definition) is 1. The van der Waals surface area contributed by atoms with Crippen LogP contribution in [0.1, 0.15) is 47.1 Å². The zero-order valence-electron chi connectivity index (χ0n) is 18.4. The Hall–Kier alpha value is -3.52. The summed E-state index contributed by atoms with van der Waals surface area (Å²) in [5.74, 6) is -1.50. The number of anilines is 1. The fraction of sp³-hybridized carbons (Fsp3) is 0.409. The number of aryl methyl sites for hydroxylation is 1. The molecule has 1 fully saturated rings. The predicted molar refractivity (Wildman–Crippen MR) is 120 cm³/mol. The molecule has 0 spiro atoms. The quantitative estimate of drug-likeness (QED) is 0.597. The summed E-state index contributed by atoms with van der Waals surface area (Å²) in [5, 5.41) is 9.56. The molecule has 10 nitrogen and oxygen atoms in total. The normalized spacial score (nSPS) is 14.4. The Labute approximate surface area is 192 Å². The summed E-state index contributed by atoms with van der Waals surface area (Å²) in [5.41, 5.74) is 1.28. The van der Waals surface area contributed by atoms with E-state index in [-0.39, 0.29) is 23.5 Å². The van der Waals surface area contributed by atoms with Crippen LogP contribution in [-0.2, 0) is 25.3 Å². The molecule has 1 saturated heterocycles. The number of amides is 1. The number of carbonyl (C=O) groups is 2. The summed E-state index contributed by atoms with van der Waals surface area (Å²) in [7, 11) is -3.86. The van der Waals surface area contributed by atoms with E-state index in [1.807, 2.05) is 4.90 Å². The van der Waals surface area contributed by atoms with Crippen LogP contribution >= 0.6 is 0 Å². The molecule has 174 valence electrons. The summed E-state index contributed by atoms with van der Waals surface area (Å²) in [6.45, 7) is 4.42. The lowest BCUT2D eigenvalue weighted by atomic mass is 9.96. The van der Waals surface area contributed by atoms with Crippen molar-refractivity contribution in [3.8, 4) is 6.07 Å². The molecule has 0 unspecified atom stereocenters. The fourth-order valence-corrected chi connectivity index (χ4v) is 4.74. The molecule has 0 aliphatic carbocycles. The van der Waals surface area contributed by atoms with Gasteiger partial charge in [-0.2, -0.15) is 5.26 Å². The third-order valence-electron chi connectivity index (χ3n) is 5.29. The van der Waals surface area contributed by atoms with Gasteiger partial charge in [0.15, 0.2) is 0 Å². The van der Waals surface area contributed by atoms with Crippen LogP contribution in [0.15, 0.2) is 30.5 Å². The van der Waals surface area contributed by atoms with Gasteiger partial charge in [-0.05, 0) is 44.9 Å². The van der Waals surface area contributed by atoms with Gasteiger partial charge < -0.3 is 9.64 Å². The van der Waals surface area contributed by atoms with Crippen LogP contribution < -0.4 is 9.62 Å². The van der Waals surface area contributed by atoms with E-state index < -0.39 is 27.8 Å². The number of piperidine rings is 1. The van der Waals surface area contributed by atoms with E-state index in [0.717, 1.165) is 0 Å². The zero-order chi connectivity index (χ0) is 24.0. The second kappa shape index (κ2) is 10.4. The number of nitrogens with one attached hydrogen (secondary N) is 1. The minimum absolute atomic E-state index is 0.217. The van der Waals surface area contributed by atoms with Crippen LogP contribution in [0, 0.1) is 24.2 Å². The zero-order valence-corrected chi connectivity index (χ0v) is 19.3. The molecule has 3 rings (SSSR count). The second-order valence-corrected chi connectivity index (χ2v) is 9.35. The molecule has 0 atom stereocenters. The highest BCUT2D eigenvalue weighted by Gasteiger charge is 2.30. The highest BCUT2D eigenvalue weighted by Crippen LogP contribution is 2.27. The van der Waals surface area contributed by atoms with Crippen LogP contribution in [0.4, 0.5) is 5.82 Å². The predicted octanol–water partition coefficient (Wildman–Crippen LogP) is 1.70. The molecule has 1 aliphatic heterocycles. The van der Waals surface area contributed by atoms with Crippen LogP contribution in [0.3, 0.4) is 0 Å². The summed E-state index contributed by atoms with van der Waals surface area (Å²) in [6.07, 6.45) is 2.29. The van der Waals surface area contributed by atoms with E-state index >= 15 is 0 Å². The molecule has 11 heteroatoms. The van der Waals surface area contributed by atoms with Crippen LogP contribution in [0.2, 0.25) is 0 Å². The lowest BCUT2D eigenvalue weighted by Gasteiger charge is -2.32. The molecular weight excluding hydrogens is 446 g/mol. The molecule has 1 aliphatic rings. The van der Waals surface area contributed by atoms with Crippen molar-refractivity contribution in [2.24, 2.45) is 5.92 Å². The van der Waals surface area contributed by atoms with Crippen molar-refractivity contribution in [1.82, 2.24) is 14.7 Å². The average Bonchev–Trinajstić information content (AvgIpc) is 2.79. The summed E-state index contributed by atoms with van der Waals surface area (Å²) in [6, 6.07) is 8.48. The van der Waals surface area contributed by atoms with Gasteiger partial charge in [0.25, 0.3) is 0 Å². The second-order valence-electron chi connectivity index (χ2n) is 7.63. The first-order valence-electron chi connectivity index (χ1n) is 10.5. The number of rotatable bonds is 7. The van der Waals surface area contributed by atoms with E-state index in [2.05, 4.69) is 20.8 Å². The Morgan fingerprint density at radius 1 is 1.30 bits per heavy atom. The minimum Gasteiger partial charge on any atom is -0.462 e. The number of pyridine rings is 2. The Kier molecular flexibility index (Phi) is 7.60. The first kappa shape index (κ1) is 24.1. The first-order valence-corrected chi connectivity index (χ1v) is 12.2. The largest absolute Gasteiger partial charge is 0.462 e. The molecule has 0 bridgehead atoms. The average molecular weight is 472 g/mol. The minimum atomic E-state index is -3.86. The highest BCUT2D eigenvalue weighted by molar-refractivity contribution is 7.89. The van der Waals surface area contributed by atoms with Gasteiger partial charge in [-0.1, -0.05) is 6.07 Å². The highest BCUT2D eigenvalue weighted by atomic mass is 32.2. The van der Waals surface area contributed by atoms with Gasteiger partial charge in [0, 0.05) is 25.2 Å². The number of aromatic nitrogens is 2. The standard InChI is InChI=1S/C22H25N5O5S/c1-3-32-22(29)19-12-17(13-23)20(25-15(19)2)27-10-7-16(8-11-27)21(28)26-33(30,31)14-18-6-4-5-9-24-18/h4-6,9,12,16H,3,7-8,10-11,14H2,1-2H3,(H,26,28). The van der Waals surface area contributed by atoms with Crippen molar-refractivity contribution < 1.29 is 22.7 Å². The van der Waals surface area contributed by atoms with E-state index in [0.29, 0.717) is 43.1 Å². The lowest BCUT2D eigenvalue weighted by Crippen LogP contribution is -2.43. The van der Waals surface area contributed by atoms with E-state index in [1.54, 1.807) is 32.0 Å². The Morgan fingerprint density at radius 2 is 2.03 bits per heavy atom. The Balaban J connectivity index is 1.64. The number of carbonyl (C=O) groups excluding carboxylic acids is 2. The molecule has 1 amide bonds. The number of nitrogens with zero attached hydrogens (tertiary/aromatic N) is 4. The summed E-state index contributed by atoms with van der Waals surface area (Å²) >= 11 is 0. The van der Waals surface area contributed by atoms with Gasteiger partial charge >= 0.3 is 5.97 Å². The van der Waals surface area contributed by atoms with E-state index in [9.17, 15) is 23.3 Å². The van der Waals surface area contributed by atoms with Gasteiger partial charge in [-0.15, -0.1) is 0 Å². The SMILES string of the molecule is CCOC(=O)c1cc(C#N)c(N2CCC(C(=O)NS(=O)(=O)Cc3ccccn3)CC2)nc1C. The van der Waals surface area contributed by atoms with Gasteiger partial charge in [-0.25, -0.2) is 18.2 Å². The molecule has 2 aromatic heterocycles. The van der Waals surface area contributed by atoms with Gasteiger partial charge in [0.2, 0.25) is 15.9 Å². The van der Waals surface area contributed by atoms with Crippen molar-refractivity contribution in [3.05, 3.63) is 53.0 Å². The van der Waals surface area contributed by atoms with Gasteiger partial charge in [-0.3, -0.25) is 14.5 Å². The van der Waals surface area contributed by atoms with E-state index in [4.69, 9.17) is 4.74 Å². The monoisotopic (exact) mass is 471 g/mol. The molecule has 1 N–H and O–H groups in total. The third kappa shape index (κ3) is 6.04. The third-order valence-corrected chi connectivity index (χ3v) is 6.48. The van der Waals surface area contributed by atoms with Crippen molar-refractivity contribution in [3.63, 3.8) is 0 Å². The van der Waals surface area contributed by atoms with E-state index in [1.165, 1.54) is 12.3 Å². The molecular formula is C22H25N5O5S. The number of hydrogen-bond acceptors (Lipinski definition) is 9. The molecule has 2 aromatic rings. The molecule has 0 saturated carbocycles. The molecule has 0 aromatic carbocycles. The maximum atomic E-state index is 12.6. The smallest absolute Gasteiger partial charge is 0.340 e. The topological polar surface area (TPSA) is 142 Å². The van der Waals surface area contributed by atoms with Crippen LogP contribution in [0.25, 0.3) is 0 Å². The number of esters is 1. The Bertz CT molecular complexity index is 1170. The number of nitriles is 1. The maximum absolute atomic E-state index is 12.6. The lowest BCUT2D eigenvalue weighted by molar-refractivity contribution is -0.123. The Morgan fingerprint density at radius 3 is 2.64 bits per heavy atom. The van der Waals surface area contributed by atoms with Gasteiger partial charge in [0.05, 0.1) is 29.1 Å². The molecule has 3 heterocycles. The van der Waals surface area contributed by atoms with Crippen LogP contribution in [0.5, 0.6) is 0 Å². The van der Waals surface area contributed by atoms with Crippen molar-refractivity contribution in [2.75, 3.05) is 24.6 Å². The summed E-state index contributed by atoms with van der Waals surface area (Å²) in [4.78, 5) is 34.9. The number of sulfonamides is 1. The first-order chi connectivity index (χ1) is 15.7. The van der Waals surface area contributed by atoms with Gasteiger partial charge in [0.1, 0.15) is 17.6 Å². The summed E-state index contributed by atoms with van der Waals surface area (Å²) < 4.78 is 31.8. The van der Waals surface area contributed by atoms with Crippen molar-refractivity contribution >= 4 is 27.7 Å². The molecule has 33 heavy (non-hydrogen) atoms. The van der Waals surface area contributed by atoms with Crippen molar-refractivity contribution in [2.45, 2.75) is 32.4 Å².